The fourth-order valence-electron chi connectivity index (χ4n) is 2.49. The third-order valence-electron chi connectivity index (χ3n) is 3.77. The average molecular weight is 320 g/mol. The summed E-state index contributed by atoms with van der Waals surface area (Å²) in [6, 6.07) is 17.6. The molecule has 0 aliphatic rings. The molecule has 3 N–H and O–H groups in total. The summed E-state index contributed by atoms with van der Waals surface area (Å²) < 4.78 is 1.94. The molecule has 1 heterocycles. The van der Waals surface area contributed by atoms with Crippen LogP contribution in [0.5, 0.6) is 0 Å². The Morgan fingerprint density at radius 2 is 1.67 bits per heavy atom. The van der Waals surface area contributed by atoms with Gasteiger partial charge in [-0.15, -0.1) is 0 Å². The van der Waals surface area contributed by atoms with Crippen molar-refractivity contribution in [2.75, 3.05) is 0 Å². The topological polar surface area (TPSA) is 72.9 Å². The van der Waals surface area contributed by atoms with E-state index in [0.29, 0.717) is 5.56 Å². The summed E-state index contributed by atoms with van der Waals surface area (Å²) >= 11 is 0. The van der Waals surface area contributed by atoms with Crippen LogP contribution in [0.1, 0.15) is 27.0 Å². The molecular weight excluding hydrogens is 300 g/mol. The number of benzene rings is 2. The maximum Gasteiger partial charge on any atom is 0.248 e. The van der Waals surface area contributed by atoms with Gasteiger partial charge in [-0.1, -0.05) is 42.5 Å². The molecular formula is C19H20N4O. The zero-order chi connectivity index (χ0) is 16.8. The van der Waals surface area contributed by atoms with E-state index in [2.05, 4.69) is 28.7 Å². The summed E-state index contributed by atoms with van der Waals surface area (Å²) in [4.78, 5) is 11.0. The molecule has 0 aliphatic carbocycles. The molecule has 0 radical (unpaired) electrons. The molecule has 0 saturated carbocycles. The van der Waals surface area contributed by atoms with Crippen molar-refractivity contribution in [1.82, 2.24) is 15.1 Å². The first-order valence-electron chi connectivity index (χ1n) is 7.85. The second-order valence-electron chi connectivity index (χ2n) is 5.70. The normalized spacial score (nSPS) is 10.7. The molecule has 3 rings (SSSR count). The molecule has 5 nitrogen and oxygen atoms in total. The van der Waals surface area contributed by atoms with Crippen molar-refractivity contribution in [3.05, 3.63) is 89.2 Å². The van der Waals surface area contributed by atoms with E-state index in [-0.39, 0.29) is 0 Å². The van der Waals surface area contributed by atoms with E-state index in [0.717, 1.165) is 30.8 Å². The van der Waals surface area contributed by atoms with Crippen molar-refractivity contribution in [1.29, 1.82) is 0 Å². The largest absolute Gasteiger partial charge is 0.366 e. The lowest BCUT2D eigenvalue weighted by Crippen LogP contribution is -2.13. The van der Waals surface area contributed by atoms with Crippen LogP contribution < -0.4 is 11.1 Å². The lowest BCUT2D eigenvalue weighted by atomic mass is 10.1. The third-order valence-corrected chi connectivity index (χ3v) is 3.77. The van der Waals surface area contributed by atoms with Gasteiger partial charge in [0.2, 0.25) is 5.91 Å². The summed E-state index contributed by atoms with van der Waals surface area (Å²) in [6.45, 7) is 2.24. The summed E-state index contributed by atoms with van der Waals surface area (Å²) in [5.74, 6) is -0.402. The van der Waals surface area contributed by atoms with Crippen LogP contribution in [0.3, 0.4) is 0 Å². The Balaban J connectivity index is 1.49. The number of nitrogens with zero attached hydrogens (tertiary/aromatic N) is 2. The van der Waals surface area contributed by atoms with Crippen molar-refractivity contribution in [2.45, 2.75) is 19.6 Å². The van der Waals surface area contributed by atoms with Gasteiger partial charge in [0.15, 0.2) is 0 Å². The summed E-state index contributed by atoms with van der Waals surface area (Å²) in [7, 11) is 0. The first kappa shape index (κ1) is 16.0. The number of primary amides is 1. The Bertz CT molecular complexity index is 794. The number of amides is 1. The van der Waals surface area contributed by atoms with E-state index in [4.69, 9.17) is 5.73 Å². The molecule has 0 saturated heterocycles. The molecule has 0 fully saturated rings. The summed E-state index contributed by atoms with van der Waals surface area (Å²) in [5.41, 5.74) is 9.24. The Hall–Kier alpha value is -2.92. The molecule has 2 aromatic carbocycles. The van der Waals surface area contributed by atoms with Gasteiger partial charge < -0.3 is 11.1 Å². The lowest BCUT2D eigenvalue weighted by molar-refractivity contribution is 0.100. The second kappa shape index (κ2) is 7.57. The zero-order valence-electron chi connectivity index (χ0n) is 13.4. The maximum atomic E-state index is 11.0. The van der Waals surface area contributed by atoms with E-state index in [1.54, 1.807) is 12.1 Å². The number of rotatable bonds is 7. The quantitative estimate of drug-likeness (QED) is 0.702. The van der Waals surface area contributed by atoms with E-state index >= 15 is 0 Å². The van der Waals surface area contributed by atoms with E-state index in [1.165, 1.54) is 5.56 Å². The Morgan fingerprint density at radius 3 is 2.38 bits per heavy atom. The zero-order valence-corrected chi connectivity index (χ0v) is 13.4. The molecule has 0 atom stereocenters. The van der Waals surface area contributed by atoms with E-state index in [9.17, 15) is 4.79 Å². The van der Waals surface area contributed by atoms with Crippen molar-refractivity contribution in [2.24, 2.45) is 5.73 Å². The van der Waals surface area contributed by atoms with Gasteiger partial charge >= 0.3 is 0 Å². The Labute approximate surface area is 141 Å². The Kier molecular flexibility index (Phi) is 5.03. The number of hydrogen-bond donors (Lipinski definition) is 2. The molecule has 0 bridgehead atoms. The molecule has 5 heteroatoms. The second-order valence-corrected chi connectivity index (χ2v) is 5.70. The minimum Gasteiger partial charge on any atom is -0.366 e. The van der Waals surface area contributed by atoms with Gasteiger partial charge in [-0.25, -0.2) is 0 Å². The first-order valence-corrected chi connectivity index (χ1v) is 7.85. The fraction of sp³-hybridized carbons (Fsp3) is 0.158. The number of carbonyl (C=O) groups excluding carboxylic acids is 1. The number of aromatic nitrogens is 2. The monoisotopic (exact) mass is 320 g/mol. The highest BCUT2D eigenvalue weighted by molar-refractivity contribution is 5.92. The molecule has 1 aromatic heterocycles. The van der Waals surface area contributed by atoms with Gasteiger partial charge in [0.05, 0.1) is 12.7 Å². The minimum absolute atomic E-state index is 0.402. The number of nitrogens with two attached hydrogens (primary N) is 1. The van der Waals surface area contributed by atoms with Crippen LogP contribution in [0.25, 0.3) is 0 Å². The minimum atomic E-state index is -0.402. The van der Waals surface area contributed by atoms with Crippen LogP contribution in [0.15, 0.2) is 67.0 Å². The van der Waals surface area contributed by atoms with Crippen molar-refractivity contribution >= 4 is 5.91 Å². The SMILES string of the molecule is NC(=O)c1ccc(CNCc2cnn(Cc3ccccc3)c2)cc1. The molecule has 0 spiro atoms. The molecule has 24 heavy (non-hydrogen) atoms. The highest BCUT2D eigenvalue weighted by Crippen LogP contribution is 2.06. The number of carbonyl (C=O) groups is 1. The average Bonchev–Trinajstić information content (AvgIpc) is 3.03. The van der Waals surface area contributed by atoms with Crippen LogP contribution in [-0.2, 0) is 19.6 Å². The molecule has 122 valence electrons. The lowest BCUT2D eigenvalue weighted by Gasteiger charge is -2.04. The first-order chi connectivity index (χ1) is 11.7. The van der Waals surface area contributed by atoms with Crippen LogP contribution in [0.2, 0.25) is 0 Å². The van der Waals surface area contributed by atoms with Gasteiger partial charge in [-0.05, 0) is 23.3 Å². The van der Waals surface area contributed by atoms with Gasteiger partial charge in [0, 0.05) is 30.4 Å². The highest BCUT2D eigenvalue weighted by atomic mass is 16.1. The third kappa shape index (κ3) is 4.30. The summed E-state index contributed by atoms with van der Waals surface area (Å²) in [6.07, 6.45) is 3.93. The predicted molar refractivity (Wildman–Crippen MR) is 93.3 cm³/mol. The van der Waals surface area contributed by atoms with Crippen LogP contribution in [0.4, 0.5) is 0 Å². The smallest absolute Gasteiger partial charge is 0.248 e. The van der Waals surface area contributed by atoms with Crippen LogP contribution >= 0.6 is 0 Å². The molecule has 3 aromatic rings. The standard InChI is InChI=1S/C19H20N4O/c20-19(24)18-8-6-15(7-9-18)10-21-11-17-12-22-23(14-17)13-16-4-2-1-3-5-16/h1-9,12,14,21H,10-11,13H2,(H2,20,24). The van der Waals surface area contributed by atoms with E-state index < -0.39 is 5.91 Å². The van der Waals surface area contributed by atoms with E-state index in [1.807, 2.05) is 41.2 Å². The maximum absolute atomic E-state index is 11.0. The molecule has 0 aliphatic heterocycles. The predicted octanol–water partition coefficient (Wildman–Crippen LogP) is 2.32. The number of nitrogens with one attached hydrogen (secondary N) is 1. The van der Waals surface area contributed by atoms with Gasteiger partial charge in [0.25, 0.3) is 0 Å². The van der Waals surface area contributed by atoms with Gasteiger partial charge in [-0.2, -0.15) is 5.10 Å². The fourth-order valence-corrected chi connectivity index (χ4v) is 2.49. The van der Waals surface area contributed by atoms with Crippen molar-refractivity contribution in [3.63, 3.8) is 0 Å². The summed E-state index contributed by atoms with van der Waals surface area (Å²) in [5, 5.41) is 7.77. The van der Waals surface area contributed by atoms with Gasteiger partial charge in [0.1, 0.15) is 0 Å². The van der Waals surface area contributed by atoms with Gasteiger partial charge in [-0.3, -0.25) is 9.48 Å². The van der Waals surface area contributed by atoms with Crippen molar-refractivity contribution in [3.8, 4) is 0 Å². The molecule has 1 amide bonds. The van der Waals surface area contributed by atoms with Crippen LogP contribution in [-0.4, -0.2) is 15.7 Å². The van der Waals surface area contributed by atoms with Crippen molar-refractivity contribution < 1.29 is 4.79 Å². The Morgan fingerprint density at radius 1 is 0.958 bits per heavy atom. The molecule has 0 unspecified atom stereocenters. The van der Waals surface area contributed by atoms with Crippen LogP contribution in [0, 0.1) is 0 Å². The number of hydrogen-bond acceptors (Lipinski definition) is 3. The highest BCUT2D eigenvalue weighted by Gasteiger charge is 2.02.